The maximum absolute atomic E-state index is 13.0. The van der Waals surface area contributed by atoms with Crippen LogP contribution in [-0.4, -0.2) is 34.8 Å². The van der Waals surface area contributed by atoms with Gasteiger partial charge in [-0.1, -0.05) is 25.4 Å². The largest absolute Gasteiger partial charge is 0.338 e. The summed E-state index contributed by atoms with van der Waals surface area (Å²) in [6, 6.07) is 1.55. The Balaban J connectivity index is 0.000000956. The van der Waals surface area contributed by atoms with E-state index in [2.05, 4.69) is 20.9 Å². The lowest BCUT2D eigenvalue weighted by atomic mass is 10.1. The van der Waals surface area contributed by atoms with E-state index < -0.39 is 5.92 Å². The second-order valence-corrected chi connectivity index (χ2v) is 5.36. The minimum Gasteiger partial charge on any atom is -0.338 e. The fourth-order valence-electron chi connectivity index (χ4n) is 1.76. The van der Waals surface area contributed by atoms with Crippen molar-refractivity contribution in [2.24, 2.45) is 0 Å². The van der Waals surface area contributed by atoms with Crippen molar-refractivity contribution < 1.29 is 13.6 Å². The highest BCUT2D eigenvalue weighted by molar-refractivity contribution is 9.10. The molecule has 1 aliphatic rings. The second-order valence-electron chi connectivity index (χ2n) is 4.14. The van der Waals surface area contributed by atoms with E-state index >= 15 is 0 Å². The van der Waals surface area contributed by atoms with Crippen LogP contribution < -0.4 is 0 Å². The Kier molecular flexibility index (Phi) is 6.33. The molecular weight excluding hydrogens is 354 g/mol. The van der Waals surface area contributed by atoms with Gasteiger partial charge in [0, 0.05) is 32.1 Å². The molecule has 0 spiro atoms. The van der Waals surface area contributed by atoms with E-state index in [0.717, 1.165) is 0 Å². The highest BCUT2D eigenvalue weighted by Crippen LogP contribution is 2.29. The number of carbonyl (C=O) groups excluding carboxylic acids is 1. The van der Waals surface area contributed by atoms with E-state index in [9.17, 15) is 13.6 Å². The van der Waals surface area contributed by atoms with Crippen molar-refractivity contribution in [3.8, 4) is 0 Å². The van der Waals surface area contributed by atoms with Crippen molar-refractivity contribution in [3.05, 3.63) is 27.5 Å². The molecule has 3 nitrogen and oxygen atoms in total. The summed E-state index contributed by atoms with van der Waals surface area (Å²) >= 11 is 8.90. The molecule has 1 amide bonds. The predicted octanol–water partition coefficient (Wildman–Crippen LogP) is 4.40. The van der Waals surface area contributed by atoms with Gasteiger partial charge in [-0.15, -0.1) is 0 Å². The zero-order chi connectivity index (χ0) is 15.3. The van der Waals surface area contributed by atoms with Crippen molar-refractivity contribution in [3.63, 3.8) is 0 Å². The molecule has 112 valence electrons. The summed E-state index contributed by atoms with van der Waals surface area (Å²) in [5.74, 6) is -2.95. The maximum Gasteiger partial charge on any atom is 0.255 e. The van der Waals surface area contributed by atoms with Gasteiger partial charge in [0.2, 0.25) is 0 Å². The smallest absolute Gasteiger partial charge is 0.255 e. The van der Waals surface area contributed by atoms with Crippen LogP contribution in [0.15, 0.2) is 16.7 Å². The Morgan fingerprint density at radius 3 is 2.45 bits per heavy atom. The molecule has 2 heterocycles. The zero-order valence-electron chi connectivity index (χ0n) is 11.3. The molecule has 0 radical (unpaired) electrons. The van der Waals surface area contributed by atoms with Gasteiger partial charge < -0.3 is 4.90 Å². The fraction of sp³-hybridized carbons (Fsp3) is 0.538. The first-order valence-corrected chi connectivity index (χ1v) is 7.54. The van der Waals surface area contributed by atoms with Crippen molar-refractivity contribution >= 4 is 33.4 Å². The number of likely N-dealkylation sites (tertiary alicyclic amines) is 1. The van der Waals surface area contributed by atoms with Crippen LogP contribution in [-0.2, 0) is 0 Å². The third kappa shape index (κ3) is 4.38. The van der Waals surface area contributed by atoms with Crippen LogP contribution in [0.25, 0.3) is 0 Å². The second kappa shape index (κ2) is 7.31. The Morgan fingerprint density at radius 2 is 1.95 bits per heavy atom. The van der Waals surface area contributed by atoms with Crippen molar-refractivity contribution in [2.45, 2.75) is 32.6 Å². The first kappa shape index (κ1) is 17.3. The van der Waals surface area contributed by atoms with Crippen molar-refractivity contribution in [1.82, 2.24) is 9.88 Å². The van der Waals surface area contributed by atoms with Crippen LogP contribution in [0, 0.1) is 0 Å². The van der Waals surface area contributed by atoms with Gasteiger partial charge in [0.25, 0.3) is 11.8 Å². The normalized spacial score (nSPS) is 17.2. The number of rotatable bonds is 1. The van der Waals surface area contributed by atoms with Gasteiger partial charge in [0.1, 0.15) is 5.15 Å². The van der Waals surface area contributed by atoms with Gasteiger partial charge in [0.15, 0.2) is 0 Å². The summed E-state index contributed by atoms with van der Waals surface area (Å²) in [5, 5.41) is 0.261. The molecule has 20 heavy (non-hydrogen) atoms. The number of nitrogens with zero attached hydrogens (tertiary/aromatic N) is 2. The lowest BCUT2D eigenvalue weighted by Crippen LogP contribution is -2.42. The van der Waals surface area contributed by atoms with E-state index in [1.54, 1.807) is 6.07 Å². The molecule has 0 bridgehead atoms. The molecule has 0 unspecified atom stereocenters. The molecule has 1 aromatic rings. The Hall–Kier alpha value is -0.750. The van der Waals surface area contributed by atoms with Crippen LogP contribution in [0.1, 0.15) is 37.0 Å². The Morgan fingerprint density at radius 1 is 1.40 bits per heavy atom. The number of pyridine rings is 1. The van der Waals surface area contributed by atoms with Gasteiger partial charge in [-0.3, -0.25) is 4.79 Å². The number of aromatic nitrogens is 1. The summed E-state index contributed by atoms with van der Waals surface area (Å²) in [6.45, 7) is 4.12. The van der Waals surface area contributed by atoms with Crippen LogP contribution in [0.5, 0.6) is 0 Å². The molecule has 1 aliphatic heterocycles. The van der Waals surface area contributed by atoms with E-state index in [1.807, 2.05) is 13.8 Å². The van der Waals surface area contributed by atoms with Gasteiger partial charge in [-0.2, -0.15) is 0 Å². The fourth-order valence-corrected chi connectivity index (χ4v) is 2.21. The first-order valence-electron chi connectivity index (χ1n) is 6.37. The standard InChI is InChI=1S/C11H10BrClF2N2O.C2H6/c12-8-5-7(6-16-9(8)13)10(18)17-3-1-11(14,15)2-4-17;1-2/h5-6H,1-4H2;1-2H3. The summed E-state index contributed by atoms with van der Waals surface area (Å²) in [5.41, 5.74) is 0.344. The highest BCUT2D eigenvalue weighted by atomic mass is 79.9. The SMILES string of the molecule is CC.O=C(c1cnc(Cl)c(Br)c1)N1CCC(F)(F)CC1. The number of piperidine rings is 1. The third-order valence-corrected chi connectivity index (χ3v) is 3.96. The van der Waals surface area contributed by atoms with Crippen molar-refractivity contribution in [1.29, 1.82) is 0 Å². The maximum atomic E-state index is 13.0. The average molecular weight is 370 g/mol. The Bertz CT molecular complexity index is 475. The topological polar surface area (TPSA) is 33.2 Å². The molecular formula is C13H16BrClF2N2O. The molecule has 0 aliphatic carbocycles. The molecule has 0 atom stereocenters. The van der Waals surface area contributed by atoms with Gasteiger partial charge in [-0.25, -0.2) is 13.8 Å². The predicted molar refractivity (Wildman–Crippen MR) is 78.4 cm³/mol. The Labute approximate surface area is 130 Å². The minimum atomic E-state index is -2.66. The van der Waals surface area contributed by atoms with Gasteiger partial charge in [0.05, 0.1) is 10.0 Å². The number of hydrogen-bond donors (Lipinski definition) is 0. The highest BCUT2D eigenvalue weighted by Gasteiger charge is 2.35. The number of amides is 1. The van der Waals surface area contributed by atoms with Crippen LogP contribution >= 0.6 is 27.5 Å². The summed E-state index contributed by atoms with van der Waals surface area (Å²) in [4.78, 5) is 17.3. The first-order chi connectivity index (χ1) is 9.39. The quantitative estimate of drug-likeness (QED) is 0.688. The van der Waals surface area contributed by atoms with Crippen LogP contribution in [0.4, 0.5) is 8.78 Å². The van der Waals surface area contributed by atoms with Crippen LogP contribution in [0.3, 0.4) is 0 Å². The zero-order valence-corrected chi connectivity index (χ0v) is 13.6. The van der Waals surface area contributed by atoms with Gasteiger partial charge >= 0.3 is 0 Å². The number of halogens is 4. The summed E-state index contributed by atoms with van der Waals surface area (Å²) < 4.78 is 26.5. The third-order valence-electron chi connectivity index (χ3n) is 2.83. The molecule has 7 heteroatoms. The van der Waals surface area contributed by atoms with Gasteiger partial charge in [-0.05, 0) is 22.0 Å². The van der Waals surface area contributed by atoms with E-state index in [0.29, 0.717) is 10.0 Å². The van der Waals surface area contributed by atoms with E-state index in [1.165, 1.54) is 11.1 Å². The number of hydrogen-bond acceptors (Lipinski definition) is 2. The molecule has 0 N–H and O–H groups in total. The van der Waals surface area contributed by atoms with E-state index in [-0.39, 0.29) is 37.0 Å². The van der Waals surface area contributed by atoms with E-state index in [4.69, 9.17) is 11.6 Å². The molecule has 1 fully saturated rings. The lowest BCUT2D eigenvalue weighted by molar-refractivity contribution is -0.0494. The molecule has 1 saturated heterocycles. The minimum absolute atomic E-state index is 0.0616. The lowest BCUT2D eigenvalue weighted by Gasteiger charge is -2.31. The summed E-state index contributed by atoms with van der Waals surface area (Å²) in [6.07, 6.45) is 0.768. The molecule has 0 aromatic carbocycles. The molecule has 2 rings (SSSR count). The summed E-state index contributed by atoms with van der Waals surface area (Å²) in [7, 11) is 0. The molecule has 1 aromatic heterocycles. The average Bonchev–Trinajstić information content (AvgIpc) is 2.43. The van der Waals surface area contributed by atoms with Crippen molar-refractivity contribution in [2.75, 3.05) is 13.1 Å². The molecule has 0 saturated carbocycles. The number of alkyl halides is 2. The number of carbonyl (C=O) groups is 1. The van der Waals surface area contributed by atoms with Crippen LogP contribution in [0.2, 0.25) is 5.15 Å². The monoisotopic (exact) mass is 368 g/mol.